The van der Waals surface area contributed by atoms with E-state index in [2.05, 4.69) is 10.1 Å². The average molecular weight is 173 g/mol. The van der Waals surface area contributed by atoms with Crippen molar-refractivity contribution in [3.05, 3.63) is 0 Å². The van der Waals surface area contributed by atoms with Crippen molar-refractivity contribution in [2.45, 2.75) is 18.9 Å². The maximum Gasteiger partial charge on any atom is 0.407 e. The highest BCUT2D eigenvalue weighted by molar-refractivity contribution is 5.80. The van der Waals surface area contributed by atoms with E-state index in [9.17, 15) is 9.59 Å². The van der Waals surface area contributed by atoms with Crippen molar-refractivity contribution in [1.82, 2.24) is 5.32 Å². The number of aliphatic carboxylic acids is 1. The highest BCUT2D eigenvalue weighted by Crippen LogP contribution is 2.32. The minimum Gasteiger partial charge on any atom is -0.480 e. The van der Waals surface area contributed by atoms with Gasteiger partial charge in [-0.1, -0.05) is 0 Å². The Morgan fingerprint density at radius 1 is 1.58 bits per heavy atom. The minimum absolute atomic E-state index is 0.0848. The molecule has 0 spiro atoms. The Bertz CT molecular complexity index is 200. The summed E-state index contributed by atoms with van der Waals surface area (Å²) in [7, 11) is 1.21. The SMILES string of the molecule is COC(=O)N[C@@H](C(=O)O)C1CC1. The molecule has 0 aromatic rings. The molecule has 5 heteroatoms. The molecule has 1 aliphatic carbocycles. The Hall–Kier alpha value is -1.26. The van der Waals surface area contributed by atoms with Crippen molar-refractivity contribution in [2.24, 2.45) is 5.92 Å². The van der Waals surface area contributed by atoms with Crippen LogP contribution in [0.5, 0.6) is 0 Å². The molecule has 0 unspecified atom stereocenters. The fraction of sp³-hybridized carbons (Fsp3) is 0.714. The summed E-state index contributed by atoms with van der Waals surface area (Å²) in [5.74, 6) is -0.912. The van der Waals surface area contributed by atoms with Gasteiger partial charge in [0.15, 0.2) is 0 Å². The lowest BCUT2D eigenvalue weighted by Crippen LogP contribution is -2.42. The topological polar surface area (TPSA) is 75.6 Å². The Balaban J connectivity index is 2.43. The standard InChI is InChI=1S/C7H11NO4/c1-12-7(11)8-5(6(9)10)4-2-3-4/h4-5H,2-3H2,1H3,(H,8,11)(H,9,10)/t5-/m1/s1. The Labute approximate surface area is 69.7 Å². The molecule has 2 N–H and O–H groups in total. The van der Waals surface area contributed by atoms with Crippen molar-refractivity contribution in [3.8, 4) is 0 Å². The highest BCUT2D eigenvalue weighted by atomic mass is 16.5. The van der Waals surface area contributed by atoms with Gasteiger partial charge in [-0.15, -0.1) is 0 Å². The number of hydrogen-bond acceptors (Lipinski definition) is 3. The second-order valence-corrected chi connectivity index (χ2v) is 2.79. The minimum atomic E-state index is -0.997. The van der Waals surface area contributed by atoms with E-state index in [-0.39, 0.29) is 5.92 Å². The van der Waals surface area contributed by atoms with Crippen molar-refractivity contribution in [3.63, 3.8) is 0 Å². The van der Waals surface area contributed by atoms with Crippen LogP contribution in [0, 0.1) is 5.92 Å². The van der Waals surface area contributed by atoms with Gasteiger partial charge >= 0.3 is 12.1 Å². The highest BCUT2D eigenvalue weighted by Gasteiger charge is 2.37. The predicted molar refractivity (Wildman–Crippen MR) is 39.7 cm³/mol. The smallest absolute Gasteiger partial charge is 0.407 e. The van der Waals surface area contributed by atoms with E-state index in [1.165, 1.54) is 7.11 Å². The second kappa shape index (κ2) is 3.42. The maximum absolute atomic E-state index is 10.7. The third kappa shape index (κ3) is 2.11. The molecule has 0 saturated heterocycles. The van der Waals surface area contributed by atoms with Crippen LogP contribution in [0.15, 0.2) is 0 Å². The fourth-order valence-corrected chi connectivity index (χ4v) is 0.997. The molecule has 1 rings (SSSR count). The van der Waals surface area contributed by atoms with Gasteiger partial charge in [0, 0.05) is 0 Å². The number of alkyl carbamates (subject to hydrolysis) is 1. The van der Waals surface area contributed by atoms with Gasteiger partial charge < -0.3 is 15.2 Å². The molecule has 0 heterocycles. The van der Waals surface area contributed by atoms with Gasteiger partial charge in [-0.05, 0) is 18.8 Å². The maximum atomic E-state index is 10.7. The lowest BCUT2D eigenvalue weighted by atomic mass is 10.2. The van der Waals surface area contributed by atoms with Crippen LogP contribution >= 0.6 is 0 Å². The third-order valence-corrected chi connectivity index (χ3v) is 1.82. The molecule has 0 radical (unpaired) electrons. The summed E-state index contributed by atoms with van der Waals surface area (Å²) in [5, 5.41) is 10.9. The first-order chi connectivity index (χ1) is 5.65. The van der Waals surface area contributed by atoms with E-state index in [0.717, 1.165) is 12.8 Å². The number of carbonyl (C=O) groups excluding carboxylic acids is 1. The van der Waals surface area contributed by atoms with Gasteiger partial charge in [0.25, 0.3) is 0 Å². The Morgan fingerprint density at radius 3 is 2.50 bits per heavy atom. The molecule has 12 heavy (non-hydrogen) atoms. The van der Waals surface area contributed by atoms with E-state index >= 15 is 0 Å². The molecule has 0 aliphatic heterocycles. The number of carboxylic acids is 1. The summed E-state index contributed by atoms with van der Waals surface area (Å²) >= 11 is 0. The largest absolute Gasteiger partial charge is 0.480 e. The number of amides is 1. The molecule has 0 bridgehead atoms. The molecule has 5 nitrogen and oxygen atoms in total. The zero-order chi connectivity index (χ0) is 9.14. The van der Waals surface area contributed by atoms with Gasteiger partial charge in [-0.3, -0.25) is 0 Å². The van der Waals surface area contributed by atoms with Crippen molar-refractivity contribution < 1.29 is 19.4 Å². The van der Waals surface area contributed by atoms with Gasteiger partial charge in [0.2, 0.25) is 0 Å². The molecule has 68 valence electrons. The van der Waals surface area contributed by atoms with E-state index in [1.807, 2.05) is 0 Å². The molecule has 1 amide bonds. The van der Waals surface area contributed by atoms with Crippen LogP contribution in [-0.2, 0) is 9.53 Å². The molecular weight excluding hydrogens is 162 g/mol. The molecular formula is C7H11NO4. The number of carboxylic acid groups (broad SMARTS) is 1. The number of ether oxygens (including phenoxy) is 1. The summed E-state index contributed by atoms with van der Waals surface area (Å²) in [6.07, 6.45) is 1.04. The first kappa shape index (κ1) is 8.83. The van der Waals surface area contributed by atoms with Gasteiger partial charge in [-0.25, -0.2) is 9.59 Å². The van der Waals surface area contributed by atoms with Crippen molar-refractivity contribution >= 4 is 12.1 Å². The van der Waals surface area contributed by atoms with E-state index in [4.69, 9.17) is 5.11 Å². The zero-order valence-corrected chi connectivity index (χ0v) is 6.74. The monoisotopic (exact) mass is 173 g/mol. The number of methoxy groups -OCH3 is 1. The van der Waals surface area contributed by atoms with Crippen molar-refractivity contribution in [2.75, 3.05) is 7.11 Å². The molecule has 1 atom stereocenters. The van der Waals surface area contributed by atoms with Crippen LogP contribution in [0.1, 0.15) is 12.8 Å². The molecule has 1 saturated carbocycles. The summed E-state index contributed by atoms with van der Waals surface area (Å²) in [6.45, 7) is 0. The molecule has 0 aromatic heterocycles. The van der Waals surface area contributed by atoms with Gasteiger partial charge in [0.05, 0.1) is 7.11 Å². The first-order valence-corrected chi connectivity index (χ1v) is 3.72. The van der Waals surface area contributed by atoms with E-state index in [1.54, 1.807) is 0 Å². The quantitative estimate of drug-likeness (QED) is 0.639. The van der Waals surface area contributed by atoms with Crippen LogP contribution in [0.2, 0.25) is 0 Å². The summed E-state index contributed by atoms with van der Waals surface area (Å²) in [4.78, 5) is 21.2. The lowest BCUT2D eigenvalue weighted by molar-refractivity contribution is -0.139. The lowest BCUT2D eigenvalue weighted by Gasteiger charge is -2.11. The van der Waals surface area contributed by atoms with Crippen molar-refractivity contribution in [1.29, 1.82) is 0 Å². The van der Waals surface area contributed by atoms with E-state index < -0.39 is 18.1 Å². The average Bonchev–Trinajstić information content (AvgIpc) is 2.81. The van der Waals surface area contributed by atoms with Crippen LogP contribution < -0.4 is 5.32 Å². The Morgan fingerprint density at radius 2 is 2.17 bits per heavy atom. The fourth-order valence-electron chi connectivity index (χ4n) is 0.997. The van der Waals surface area contributed by atoms with Crippen LogP contribution in [0.4, 0.5) is 4.79 Å². The second-order valence-electron chi connectivity index (χ2n) is 2.79. The first-order valence-electron chi connectivity index (χ1n) is 3.72. The Kier molecular flexibility index (Phi) is 2.52. The number of hydrogen-bond donors (Lipinski definition) is 2. The summed E-state index contributed by atoms with van der Waals surface area (Å²) in [6, 6.07) is -0.780. The number of nitrogens with one attached hydrogen (secondary N) is 1. The van der Waals surface area contributed by atoms with Crippen LogP contribution in [0.25, 0.3) is 0 Å². The molecule has 1 fully saturated rings. The predicted octanol–water partition coefficient (Wildman–Crippen LogP) is 0.206. The summed E-state index contributed by atoms with van der Waals surface area (Å²) < 4.78 is 4.30. The normalized spacial score (nSPS) is 18.1. The van der Waals surface area contributed by atoms with Crippen LogP contribution in [-0.4, -0.2) is 30.3 Å². The number of carbonyl (C=O) groups is 2. The third-order valence-electron chi connectivity index (χ3n) is 1.82. The zero-order valence-electron chi connectivity index (χ0n) is 6.74. The molecule has 1 aliphatic rings. The summed E-state index contributed by atoms with van der Waals surface area (Å²) in [5.41, 5.74) is 0. The molecule has 0 aromatic carbocycles. The van der Waals surface area contributed by atoms with Gasteiger partial charge in [-0.2, -0.15) is 0 Å². The van der Waals surface area contributed by atoms with Crippen LogP contribution in [0.3, 0.4) is 0 Å². The van der Waals surface area contributed by atoms with E-state index in [0.29, 0.717) is 0 Å². The van der Waals surface area contributed by atoms with Gasteiger partial charge in [0.1, 0.15) is 6.04 Å². The number of rotatable bonds is 3.